The minimum atomic E-state index is 0.362. The maximum absolute atomic E-state index is 5.38. The Morgan fingerprint density at radius 1 is 1.44 bits per heavy atom. The second-order valence-electron chi connectivity index (χ2n) is 5.57. The van der Waals surface area contributed by atoms with E-state index in [-0.39, 0.29) is 0 Å². The van der Waals surface area contributed by atoms with Crippen molar-refractivity contribution in [2.75, 3.05) is 0 Å². The highest BCUT2D eigenvalue weighted by atomic mass is 14.5. The molecular formula is C15H25N. The Balaban J connectivity index is 2.90. The Labute approximate surface area is 100 Å². The maximum Gasteiger partial charge on any atom is -0.00597 e. The third-order valence-corrected chi connectivity index (χ3v) is 3.64. The van der Waals surface area contributed by atoms with Gasteiger partial charge >= 0.3 is 0 Å². The number of hydrogen-bond donors (Lipinski definition) is 1. The van der Waals surface area contributed by atoms with Crippen LogP contribution in [0.15, 0.2) is 35.6 Å². The molecule has 0 saturated heterocycles. The summed E-state index contributed by atoms with van der Waals surface area (Å²) < 4.78 is 0. The lowest BCUT2D eigenvalue weighted by Gasteiger charge is -2.37. The van der Waals surface area contributed by atoms with Gasteiger partial charge in [-0.2, -0.15) is 0 Å². The van der Waals surface area contributed by atoms with E-state index in [0.29, 0.717) is 5.41 Å². The Morgan fingerprint density at radius 2 is 2.12 bits per heavy atom. The molecule has 0 amide bonds. The number of hydrogen-bond acceptors (Lipinski definition) is 1. The molecule has 0 bridgehead atoms. The van der Waals surface area contributed by atoms with Crippen LogP contribution in [0.1, 0.15) is 47.0 Å². The molecule has 0 aromatic heterocycles. The highest BCUT2D eigenvalue weighted by Gasteiger charge is 2.30. The van der Waals surface area contributed by atoms with Gasteiger partial charge in [0.2, 0.25) is 0 Å². The van der Waals surface area contributed by atoms with Crippen LogP contribution in [0, 0.1) is 11.3 Å². The zero-order valence-electron chi connectivity index (χ0n) is 11.1. The fourth-order valence-corrected chi connectivity index (χ4v) is 2.64. The predicted octanol–water partition coefficient (Wildman–Crippen LogP) is 4.18. The first-order valence-corrected chi connectivity index (χ1v) is 6.24. The molecule has 1 atom stereocenters. The van der Waals surface area contributed by atoms with Crippen LogP contribution in [0.25, 0.3) is 0 Å². The van der Waals surface area contributed by atoms with Gasteiger partial charge in [0.1, 0.15) is 0 Å². The Hall–Kier alpha value is -0.980. The Kier molecular flexibility index (Phi) is 4.40. The molecule has 1 saturated carbocycles. The minimum absolute atomic E-state index is 0.362. The van der Waals surface area contributed by atoms with Crippen LogP contribution in [-0.4, -0.2) is 0 Å². The first-order valence-electron chi connectivity index (χ1n) is 6.24. The summed E-state index contributed by atoms with van der Waals surface area (Å²) in [7, 11) is 0. The van der Waals surface area contributed by atoms with Gasteiger partial charge in [0.15, 0.2) is 0 Å². The molecule has 1 aliphatic rings. The fraction of sp³-hybridized carbons (Fsp3) is 0.600. The Morgan fingerprint density at radius 3 is 2.69 bits per heavy atom. The van der Waals surface area contributed by atoms with Crippen LogP contribution >= 0.6 is 0 Å². The summed E-state index contributed by atoms with van der Waals surface area (Å²) >= 11 is 0. The van der Waals surface area contributed by atoms with Crippen molar-refractivity contribution in [1.82, 2.24) is 0 Å². The van der Waals surface area contributed by atoms with Gasteiger partial charge in [-0.25, -0.2) is 0 Å². The molecule has 0 heterocycles. The van der Waals surface area contributed by atoms with Gasteiger partial charge in [-0.1, -0.05) is 44.9 Å². The largest absolute Gasteiger partial charge is 0.405 e. The van der Waals surface area contributed by atoms with Crippen LogP contribution in [0.4, 0.5) is 0 Å². The average Bonchev–Trinajstić information content (AvgIpc) is 2.16. The predicted molar refractivity (Wildman–Crippen MR) is 72.0 cm³/mol. The van der Waals surface area contributed by atoms with E-state index in [2.05, 4.69) is 39.8 Å². The molecule has 0 aliphatic heterocycles. The minimum Gasteiger partial charge on any atom is -0.405 e. The molecular weight excluding hydrogens is 194 g/mol. The number of nitrogens with two attached hydrogens (primary N) is 1. The second kappa shape index (κ2) is 5.38. The lowest BCUT2D eigenvalue weighted by Crippen LogP contribution is -2.24. The highest BCUT2D eigenvalue weighted by Crippen LogP contribution is 2.43. The lowest BCUT2D eigenvalue weighted by atomic mass is 9.68. The third kappa shape index (κ3) is 3.26. The second-order valence-corrected chi connectivity index (χ2v) is 5.57. The van der Waals surface area contributed by atoms with Crippen LogP contribution < -0.4 is 5.73 Å². The van der Waals surface area contributed by atoms with Crippen LogP contribution in [0.3, 0.4) is 0 Å². The summed E-state index contributed by atoms with van der Waals surface area (Å²) in [5, 5.41) is 0. The van der Waals surface area contributed by atoms with Crippen LogP contribution in [-0.2, 0) is 0 Å². The first-order chi connectivity index (χ1) is 7.47. The van der Waals surface area contributed by atoms with Gasteiger partial charge in [0.05, 0.1) is 0 Å². The fourth-order valence-electron chi connectivity index (χ4n) is 2.64. The van der Waals surface area contributed by atoms with Crippen LogP contribution in [0.2, 0.25) is 0 Å². The van der Waals surface area contributed by atoms with Crippen molar-refractivity contribution >= 4 is 0 Å². The van der Waals surface area contributed by atoms with Gasteiger partial charge in [-0.05, 0) is 48.9 Å². The molecule has 2 N–H and O–H groups in total. The molecule has 0 aromatic rings. The molecule has 0 aromatic carbocycles. The standard InChI is InChI=1S/C15H25N/c1-12(9-11-16)7-8-14-13(2)6-5-10-15(14,3)4/h7-9,11,13H,5-6,10,16H2,1-4H3/b11-9+,12-7+,14-8+. The van der Waals surface area contributed by atoms with Crippen LogP contribution in [0.5, 0.6) is 0 Å². The molecule has 1 unspecified atom stereocenters. The van der Waals surface area contributed by atoms with Crippen molar-refractivity contribution in [1.29, 1.82) is 0 Å². The van der Waals surface area contributed by atoms with Crippen molar-refractivity contribution in [2.24, 2.45) is 17.1 Å². The normalized spacial score (nSPS) is 28.9. The van der Waals surface area contributed by atoms with Gasteiger partial charge < -0.3 is 5.73 Å². The first kappa shape index (κ1) is 13.1. The maximum atomic E-state index is 5.38. The highest BCUT2D eigenvalue weighted by molar-refractivity contribution is 5.28. The molecule has 16 heavy (non-hydrogen) atoms. The van der Waals surface area contributed by atoms with E-state index in [1.807, 2.05) is 6.08 Å². The van der Waals surface area contributed by atoms with Gasteiger partial charge in [0.25, 0.3) is 0 Å². The molecule has 1 nitrogen and oxygen atoms in total. The van der Waals surface area contributed by atoms with Gasteiger partial charge in [-0.15, -0.1) is 0 Å². The molecule has 0 spiro atoms. The topological polar surface area (TPSA) is 26.0 Å². The Bertz CT molecular complexity index is 318. The zero-order valence-corrected chi connectivity index (χ0v) is 11.1. The van der Waals surface area contributed by atoms with E-state index in [1.165, 1.54) is 24.8 Å². The third-order valence-electron chi connectivity index (χ3n) is 3.64. The van der Waals surface area contributed by atoms with E-state index in [0.717, 1.165) is 5.92 Å². The van der Waals surface area contributed by atoms with E-state index in [1.54, 1.807) is 11.8 Å². The molecule has 90 valence electrons. The van der Waals surface area contributed by atoms with Gasteiger partial charge in [-0.3, -0.25) is 0 Å². The quantitative estimate of drug-likeness (QED) is 0.693. The summed E-state index contributed by atoms with van der Waals surface area (Å²) in [5.41, 5.74) is 8.54. The molecule has 0 radical (unpaired) electrons. The molecule has 1 aliphatic carbocycles. The summed E-state index contributed by atoms with van der Waals surface area (Å²) in [6, 6.07) is 0. The average molecular weight is 219 g/mol. The monoisotopic (exact) mass is 219 g/mol. The van der Waals surface area contributed by atoms with E-state index in [4.69, 9.17) is 5.73 Å². The summed E-state index contributed by atoms with van der Waals surface area (Å²) in [6.07, 6.45) is 12.0. The summed E-state index contributed by atoms with van der Waals surface area (Å²) in [4.78, 5) is 0. The summed E-state index contributed by atoms with van der Waals surface area (Å²) in [6.45, 7) is 9.14. The number of rotatable bonds is 2. The van der Waals surface area contributed by atoms with Crippen molar-refractivity contribution in [2.45, 2.75) is 47.0 Å². The smallest absolute Gasteiger partial charge is 0.00597 e. The molecule has 1 heteroatoms. The van der Waals surface area contributed by atoms with E-state index >= 15 is 0 Å². The van der Waals surface area contributed by atoms with E-state index < -0.39 is 0 Å². The number of allylic oxidation sites excluding steroid dienone is 5. The SMILES string of the molecule is CC(/C=C/N)=C\C=C1/C(C)CCCC1(C)C. The molecule has 1 fully saturated rings. The van der Waals surface area contributed by atoms with Crippen molar-refractivity contribution < 1.29 is 0 Å². The zero-order chi connectivity index (χ0) is 12.2. The van der Waals surface area contributed by atoms with Crippen molar-refractivity contribution in [3.63, 3.8) is 0 Å². The van der Waals surface area contributed by atoms with E-state index in [9.17, 15) is 0 Å². The lowest BCUT2D eigenvalue weighted by molar-refractivity contribution is 0.290. The van der Waals surface area contributed by atoms with Gasteiger partial charge in [0, 0.05) is 0 Å². The molecule has 1 rings (SSSR count). The van der Waals surface area contributed by atoms with Crippen molar-refractivity contribution in [3.8, 4) is 0 Å². The van der Waals surface area contributed by atoms with Crippen molar-refractivity contribution in [3.05, 3.63) is 35.6 Å². The summed E-state index contributed by atoms with van der Waals surface area (Å²) in [5.74, 6) is 0.717.